The number of aromatic nitrogens is 1. The quantitative estimate of drug-likeness (QED) is 0.897. The maximum absolute atomic E-state index is 11.1. The molecule has 1 heterocycles. The molecule has 4 nitrogen and oxygen atoms in total. The number of hydrogen-bond acceptors (Lipinski definition) is 4. The van der Waals surface area contributed by atoms with E-state index in [9.17, 15) is 4.79 Å². The van der Waals surface area contributed by atoms with Gasteiger partial charge in [0.15, 0.2) is 0 Å². The van der Waals surface area contributed by atoms with Crippen molar-refractivity contribution in [3.8, 4) is 0 Å². The number of nitrogens with zero attached hydrogens (tertiary/aromatic N) is 1. The van der Waals surface area contributed by atoms with E-state index in [0.717, 1.165) is 37.9 Å². The third kappa shape index (κ3) is 4.03. The molecule has 1 amide bonds. The molecule has 0 atom stereocenters. The lowest BCUT2D eigenvalue weighted by Gasteiger charge is -2.27. The Morgan fingerprint density at radius 3 is 2.55 bits per heavy atom. The summed E-state index contributed by atoms with van der Waals surface area (Å²) in [5.74, 6) is -0.0578. The highest BCUT2D eigenvalue weighted by molar-refractivity contribution is 7.09. The lowest BCUT2D eigenvalue weighted by molar-refractivity contribution is -0.122. The van der Waals surface area contributed by atoms with Gasteiger partial charge in [-0.2, -0.15) is 0 Å². The van der Waals surface area contributed by atoms with Gasteiger partial charge in [0.1, 0.15) is 0 Å². The second kappa shape index (κ2) is 6.22. The van der Waals surface area contributed by atoms with Crippen molar-refractivity contribution in [1.82, 2.24) is 10.3 Å². The monoisotopic (exact) mass is 295 g/mol. The highest BCUT2D eigenvalue weighted by atomic mass is 32.1. The van der Waals surface area contributed by atoms with Crippen LogP contribution in [0, 0.1) is 5.92 Å². The zero-order chi connectivity index (χ0) is 14.8. The van der Waals surface area contributed by atoms with Crippen LogP contribution in [0.1, 0.15) is 57.2 Å². The number of nitrogens with one attached hydrogen (secondary N) is 1. The number of nitrogens with two attached hydrogens (primary N) is 1. The maximum Gasteiger partial charge on any atom is 0.220 e. The molecule has 2 rings (SSSR count). The third-order valence-electron chi connectivity index (χ3n) is 3.89. The van der Waals surface area contributed by atoms with E-state index in [0.29, 0.717) is 6.04 Å². The summed E-state index contributed by atoms with van der Waals surface area (Å²) in [5.41, 5.74) is 6.60. The van der Waals surface area contributed by atoms with E-state index >= 15 is 0 Å². The Labute approximate surface area is 125 Å². The molecular formula is C15H25N3OS. The molecule has 0 saturated heterocycles. The van der Waals surface area contributed by atoms with Crippen LogP contribution in [0.5, 0.6) is 0 Å². The van der Waals surface area contributed by atoms with E-state index < -0.39 is 0 Å². The Kier molecular flexibility index (Phi) is 4.81. The molecule has 1 fully saturated rings. The Balaban J connectivity index is 1.79. The van der Waals surface area contributed by atoms with Gasteiger partial charge in [0.2, 0.25) is 5.91 Å². The molecular weight excluding hydrogens is 270 g/mol. The summed E-state index contributed by atoms with van der Waals surface area (Å²) in [6, 6.07) is 0.491. The maximum atomic E-state index is 11.1. The smallest absolute Gasteiger partial charge is 0.220 e. The van der Waals surface area contributed by atoms with Gasteiger partial charge in [0.05, 0.1) is 10.7 Å². The van der Waals surface area contributed by atoms with Gasteiger partial charge in [0.25, 0.3) is 0 Å². The molecule has 0 bridgehead atoms. The van der Waals surface area contributed by atoms with Gasteiger partial charge in [-0.15, -0.1) is 11.3 Å². The molecule has 1 aromatic rings. The Morgan fingerprint density at radius 1 is 1.40 bits per heavy atom. The van der Waals surface area contributed by atoms with Crippen molar-refractivity contribution in [2.45, 2.75) is 64.5 Å². The first-order valence-corrected chi connectivity index (χ1v) is 8.22. The summed E-state index contributed by atoms with van der Waals surface area (Å²) in [4.78, 5) is 15.8. The fourth-order valence-corrected chi connectivity index (χ4v) is 3.47. The lowest BCUT2D eigenvalue weighted by Crippen LogP contribution is -2.36. The zero-order valence-electron chi connectivity index (χ0n) is 12.6. The molecule has 0 unspecified atom stereocenters. The predicted molar refractivity (Wildman–Crippen MR) is 82.6 cm³/mol. The number of primary amides is 1. The van der Waals surface area contributed by atoms with Crippen LogP contribution in [0.4, 0.5) is 0 Å². The van der Waals surface area contributed by atoms with E-state index in [-0.39, 0.29) is 17.2 Å². The molecule has 0 aliphatic heterocycles. The van der Waals surface area contributed by atoms with Crippen LogP contribution >= 0.6 is 11.3 Å². The van der Waals surface area contributed by atoms with Crippen molar-refractivity contribution in [3.05, 3.63) is 16.1 Å². The standard InChI is InChI=1S/C15H25N3OS/c1-15(2,3)14-18-12(9-20-14)8-17-11-6-4-10(5-7-11)13(16)19/h9-11,17H,4-8H2,1-3H3,(H2,16,19). The molecule has 0 aromatic carbocycles. The number of carbonyl (C=O) groups excluding carboxylic acids is 1. The summed E-state index contributed by atoms with van der Waals surface area (Å²) < 4.78 is 0. The SMILES string of the molecule is CC(C)(C)c1nc(CNC2CCC(C(N)=O)CC2)cs1. The van der Waals surface area contributed by atoms with Crippen molar-refractivity contribution >= 4 is 17.2 Å². The fourth-order valence-electron chi connectivity index (χ4n) is 2.56. The van der Waals surface area contributed by atoms with Gasteiger partial charge in [-0.1, -0.05) is 20.8 Å². The molecule has 20 heavy (non-hydrogen) atoms. The third-order valence-corrected chi connectivity index (χ3v) is 5.21. The van der Waals surface area contributed by atoms with Crippen LogP contribution in [-0.2, 0) is 16.8 Å². The fraction of sp³-hybridized carbons (Fsp3) is 0.733. The van der Waals surface area contributed by atoms with E-state index in [4.69, 9.17) is 10.7 Å². The van der Waals surface area contributed by atoms with Gasteiger partial charge in [-0.05, 0) is 25.7 Å². The highest BCUT2D eigenvalue weighted by Gasteiger charge is 2.24. The minimum atomic E-state index is -0.141. The Hall–Kier alpha value is -0.940. The molecule has 3 N–H and O–H groups in total. The normalized spacial score (nSPS) is 23.8. The van der Waals surface area contributed by atoms with Crippen LogP contribution in [0.15, 0.2) is 5.38 Å². The molecule has 1 aliphatic carbocycles. The minimum absolute atomic E-state index is 0.0832. The number of carbonyl (C=O) groups is 1. The molecule has 0 radical (unpaired) electrons. The number of thiazole rings is 1. The molecule has 112 valence electrons. The summed E-state index contributed by atoms with van der Waals surface area (Å²) in [6.07, 6.45) is 3.89. The second-order valence-electron chi connectivity index (χ2n) is 6.73. The van der Waals surface area contributed by atoms with Gasteiger partial charge in [0, 0.05) is 29.3 Å². The molecule has 1 saturated carbocycles. The van der Waals surface area contributed by atoms with Crippen molar-refractivity contribution in [1.29, 1.82) is 0 Å². The largest absolute Gasteiger partial charge is 0.369 e. The Bertz CT molecular complexity index is 456. The molecule has 0 spiro atoms. The van der Waals surface area contributed by atoms with Crippen molar-refractivity contribution in [2.75, 3.05) is 0 Å². The van der Waals surface area contributed by atoms with Crippen LogP contribution in [0.3, 0.4) is 0 Å². The zero-order valence-corrected chi connectivity index (χ0v) is 13.4. The van der Waals surface area contributed by atoms with E-state index in [2.05, 4.69) is 31.5 Å². The van der Waals surface area contributed by atoms with Gasteiger partial charge < -0.3 is 11.1 Å². The van der Waals surface area contributed by atoms with Crippen LogP contribution < -0.4 is 11.1 Å². The van der Waals surface area contributed by atoms with Crippen LogP contribution in [0.25, 0.3) is 0 Å². The topological polar surface area (TPSA) is 68.0 Å². The van der Waals surface area contributed by atoms with E-state index in [1.165, 1.54) is 5.01 Å². The van der Waals surface area contributed by atoms with Crippen LogP contribution in [-0.4, -0.2) is 16.9 Å². The summed E-state index contributed by atoms with van der Waals surface area (Å²) >= 11 is 1.74. The summed E-state index contributed by atoms with van der Waals surface area (Å²) in [6.45, 7) is 7.38. The predicted octanol–water partition coefficient (Wildman–Crippen LogP) is 2.57. The summed E-state index contributed by atoms with van der Waals surface area (Å²) in [7, 11) is 0. The van der Waals surface area contributed by atoms with Gasteiger partial charge >= 0.3 is 0 Å². The first-order valence-electron chi connectivity index (χ1n) is 7.34. The average Bonchev–Trinajstić information content (AvgIpc) is 2.85. The van der Waals surface area contributed by atoms with Crippen molar-refractivity contribution in [3.63, 3.8) is 0 Å². The number of hydrogen-bond donors (Lipinski definition) is 2. The van der Waals surface area contributed by atoms with E-state index in [1.807, 2.05) is 0 Å². The van der Waals surface area contributed by atoms with Crippen LogP contribution in [0.2, 0.25) is 0 Å². The van der Waals surface area contributed by atoms with Crippen molar-refractivity contribution < 1.29 is 4.79 Å². The van der Waals surface area contributed by atoms with Gasteiger partial charge in [-0.3, -0.25) is 4.79 Å². The van der Waals surface area contributed by atoms with E-state index in [1.54, 1.807) is 11.3 Å². The number of rotatable bonds is 4. The second-order valence-corrected chi connectivity index (χ2v) is 7.58. The summed E-state index contributed by atoms with van der Waals surface area (Å²) in [5, 5.41) is 6.88. The Morgan fingerprint density at radius 2 is 2.05 bits per heavy atom. The highest BCUT2D eigenvalue weighted by Crippen LogP contribution is 2.26. The first-order chi connectivity index (χ1) is 9.36. The number of amides is 1. The first kappa shape index (κ1) is 15.4. The molecule has 5 heteroatoms. The minimum Gasteiger partial charge on any atom is -0.369 e. The molecule has 1 aliphatic rings. The average molecular weight is 295 g/mol. The van der Waals surface area contributed by atoms with Gasteiger partial charge in [-0.25, -0.2) is 4.98 Å². The van der Waals surface area contributed by atoms with Crippen molar-refractivity contribution in [2.24, 2.45) is 11.7 Å². The lowest BCUT2D eigenvalue weighted by atomic mass is 9.85. The molecule has 1 aromatic heterocycles.